The van der Waals surface area contributed by atoms with E-state index in [4.69, 9.17) is 5.10 Å². The van der Waals surface area contributed by atoms with Gasteiger partial charge in [-0.25, -0.2) is 8.78 Å². The predicted octanol–water partition coefficient (Wildman–Crippen LogP) is 7.60. The zero-order valence-electron chi connectivity index (χ0n) is 59.4. The molecule has 0 spiro atoms. The van der Waals surface area contributed by atoms with Crippen LogP contribution in [0.4, 0.5) is 20.2 Å². The van der Waals surface area contributed by atoms with E-state index in [1.807, 2.05) is 48.7 Å². The van der Waals surface area contributed by atoms with Crippen LogP contribution < -0.4 is 31.9 Å². The van der Waals surface area contributed by atoms with Gasteiger partial charge in [0, 0.05) is 108 Å². The molecule has 0 radical (unpaired) electrons. The zero-order valence-corrected chi connectivity index (χ0v) is 59.4. The highest BCUT2D eigenvalue weighted by atomic mass is 19.1. The van der Waals surface area contributed by atoms with Crippen molar-refractivity contribution in [3.05, 3.63) is 94.6 Å². The maximum absolute atomic E-state index is 16.8. The summed E-state index contributed by atoms with van der Waals surface area (Å²) >= 11 is 0. The Hall–Kier alpha value is -7.60. The number of amides is 7. The van der Waals surface area contributed by atoms with Crippen LogP contribution in [0.1, 0.15) is 174 Å². The van der Waals surface area contributed by atoms with Gasteiger partial charge in [-0.1, -0.05) is 32.9 Å². The van der Waals surface area contributed by atoms with Crippen LogP contribution in [0.3, 0.4) is 0 Å². The lowest BCUT2D eigenvalue weighted by molar-refractivity contribution is -0.140. The maximum atomic E-state index is 16.8. The first-order chi connectivity index (χ1) is 48.1. The van der Waals surface area contributed by atoms with E-state index in [0.717, 1.165) is 96.2 Å². The highest BCUT2D eigenvalue weighted by Crippen LogP contribution is 2.54. The van der Waals surface area contributed by atoms with Gasteiger partial charge in [0.2, 0.25) is 29.5 Å². The lowest BCUT2D eigenvalue weighted by Crippen LogP contribution is -2.61. The lowest BCUT2D eigenvalue weighted by atomic mass is 9.77. The van der Waals surface area contributed by atoms with Gasteiger partial charge >= 0.3 is 0 Å². The van der Waals surface area contributed by atoms with Gasteiger partial charge in [-0.05, 0) is 219 Å². The van der Waals surface area contributed by atoms with Gasteiger partial charge in [0.25, 0.3) is 11.8 Å². The number of hydrogen-bond donors (Lipinski definition) is 6. The van der Waals surface area contributed by atoms with Crippen LogP contribution >= 0.6 is 0 Å². The molecule has 0 bridgehead atoms. The van der Waals surface area contributed by atoms with Crippen LogP contribution in [0.5, 0.6) is 0 Å². The highest BCUT2D eigenvalue weighted by molar-refractivity contribution is 6.01. The van der Waals surface area contributed by atoms with Crippen LogP contribution in [-0.4, -0.2) is 183 Å². The fourth-order valence-electron chi connectivity index (χ4n) is 16.6. The summed E-state index contributed by atoms with van der Waals surface area (Å²) < 4.78 is 36.6. The molecule has 22 nitrogen and oxygen atoms in total. The fraction of sp³-hybridized carbons (Fsp3) is 0.658. The number of aldehydes is 1. The summed E-state index contributed by atoms with van der Waals surface area (Å²) in [4.78, 5) is 123. The number of aromatic nitrogens is 4. The van der Waals surface area contributed by atoms with Crippen molar-refractivity contribution < 1.29 is 47.1 Å². The van der Waals surface area contributed by atoms with E-state index < -0.39 is 64.9 Å². The second kappa shape index (κ2) is 29.8. The Labute approximate surface area is 586 Å². The predicted molar refractivity (Wildman–Crippen MR) is 373 cm³/mol. The number of carbonyl (C=O) groups is 8. The topological polar surface area (TPSA) is 257 Å². The number of halogens is 2. The summed E-state index contributed by atoms with van der Waals surface area (Å²) in [5, 5.41) is 27.8. The Kier molecular flexibility index (Phi) is 21.1. The van der Waals surface area contributed by atoms with Crippen molar-refractivity contribution in [3.8, 4) is 0 Å². The number of anilines is 2. The van der Waals surface area contributed by atoms with Gasteiger partial charge in [0.05, 0.1) is 17.1 Å². The van der Waals surface area contributed by atoms with Crippen molar-refractivity contribution in [2.24, 2.45) is 65.1 Å². The molecule has 9 fully saturated rings. The van der Waals surface area contributed by atoms with Crippen LogP contribution in [0, 0.1) is 76.7 Å². The van der Waals surface area contributed by atoms with Crippen molar-refractivity contribution in [1.29, 1.82) is 0 Å². The molecule has 2 aromatic heterocycles. The second-order valence-electron chi connectivity index (χ2n) is 31.3. The molecule has 540 valence electrons. The highest BCUT2D eigenvalue weighted by Gasteiger charge is 2.55. The molecule has 24 heteroatoms. The number of nitrogens with one attached hydrogen (secondary N) is 6. The molecule has 2 saturated heterocycles. The fourth-order valence-corrected chi connectivity index (χ4v) is 16.6. The Bertz CT molecular complexity index is 3660. The minimum Gasteiger partial charge on any atom is -0.380 e. The Morgan fingerprint density at radius 1 is 0.580 bits per heavy atom. The van der Waals surface area contributed by atoms with Crippen molar-refractivity contribution in [3.63, 3.8) is 0 Å². The Morgan fingerprint density at radius 2 is 1.12 bits per heavy atom. The first kappa shape index (κ1) is 70.8. The third-order valence-corrected chi connectivity index (χ3v) is 24.0. The van der Waals surface area contributed by atoms with Crippen molar-refractivity contribution in [2.75, 3.05) is 77.1 Å². The number of benzene rings is 2. The van der Waals surface area contributed by atoms with E-state index in [1.165, 1.54) is 18.2 Å². The number of piperazine rings is 2. The molecule has 4 aromatic rings. The SMILES string of the molecule is CCn1nc(C[C@@H]2CN(C(=O)[C@H](NC(=O)C(C3CC3)C3CC3)[C@@H](C)c3ccc(NCC(C=O)(NC(=O)c4ccnn4CC)C(C4CC4)C4CC4)c(F)c3)CCN2C)cc1C(=O)N[C@H](C(=O)Nc1ccc([C@H](C)[C@@H](NC(=O)[C@@H](C)C2CC2)C(=O)N2CCN(C)CC2)cc1F)C(C1CC1)C1CC1. The van der Waals surface area contributed by atoms with Crippen LogP contribution in [0.15, 0.2) is 54.7 Å². The summed E-state index contributed by atoms with van der Waals surface area (Å²) in [6.45, 7) is 13.7. The quantitative estimate of drug-likeness (QED) is 0.0252. The van der Waals surface area contributed by atoms with E-state index >= 15 is 13.6 Å². The minimum absolute atomic E-state index is 0.0401. The normalized spacial score (nSPS) is 22.3. The van der Waals surface area contributed by atoms with Crippen LogP contribution in [-0.2, 0) is 48.3 Å². The molecule has 100 heavy (non-hydrogen) atoms. The van der Waals surface area contributed by atoms with Gasteiger partial charge in [-0.3, -0.25) is 47.8 Å². The molecule has 4 heterocycles. The van der Waals surface area contributed by atoms with E-state index in [0.29, 0.717) is 81.3 Å². The van der Waals surface area contributed by atoms with Crippen molar-refractivity contribution >= 4 is 59.0 Å². The average Bonchev–Trinajstić information content (AvgIpc) is 1.57. The zero-order chi connectivity index (χ0) is 70.4. The van der Waals surface area contributed by atoms with E-state index in [1.54, 1.807) is 55.7 Å². The Morgan fingerprint density at radius 3 is 1.66 bits per heavy atom. The van der Waals surface area contributed by atoms with Crippen LogP contribution in [0.25, 0.3) is 0 Å². The molecule has 7 aliphatic carbocycles. The monoisotopic (exact) mass is 1380 g/mol. The summed E-state index contributed by atoms with van der Waals surface area (Å²) in [5.41, 5.74) is 0.943. The summed E-state index contributed by atoms with van der Waals surface area (Å²) in [6, 6.07) is 9.42. The Balaban J connectivity index is 0.693. The number of likely N-dealkylation sites (N-methyl/N-ethyl adjacent to an activating group) is 2. The number of aryl methyl sites for hydroxylation is 2. The standard InChI is InChI=1S/C76H104F2N14O8/c1-8-91-61(28-29-80-91)71(96)85-76(42-93,65(51-20-21-51)52-22-23-52)41-79-59-26-24-53(36-57(59)77)44(4)67(83-72(97)64(49-16-17-49)50-18-19-50)75(100)90-35-32-88(7)56(40-90)38-55-39-62(92(9-2)86-55)70(95)84-68(63(47-12-13-47)48-14-15-48)73(98)81-60-27-25-54(37-58(60)78)43(3)66(82-69(94)45(5)46-10-11-46)74(99)89-33-30-87(6)31-34-89/h24-29,36-37,39,42-52,56,63-68,79H,8-23,30-35,38,40-41H2,1-7H3,(H,81,98)(H,82,94)(H,83,97)(H,84,95)(H,85,96)/t43-,44-,45-,56+,66+,67+,68-,76?/m0/s1. The molecule has 2 aromatic carbocycles. The molecular formula is C76H104F2N14O8. The lowest BCUT2D eigenvalue weighted by Gasteiger charge is -2.41. The van der Waals surface area contributed by atoms with E-state index in [9.17, 15) is 33.6 Å². The molecule has 2 aliphatic heterocycles. The molecule has 6 N–H and O–H groups in total. The minimum atomic E-state index is -1.33. The maximum Gasteiger partial charge on any atom is 0.270 e. The molecular weight excluding hydrogens is 1270 g/mol. The molecule has 13 rings (SSSR count). The number of carbonyl (C=O) groups excluding carboxylic acids is 8. The number of nitrogens with zero attached hydrogens (tertiary/aromatic N) is 8. The summed E-state index contributed by atoms with van der Waals surface area (Å²) in [5.74, 6) is -3.88. The van der Waals surface area contributed by atoms with Gasteiger partial charge in [0.15, 0.2) is 0 Å². The van der Waals surface area contributed by atoms with Gasteiger partial charge in [0.1, 0.15) is 53.0 Å². The smallest absolute Gasteiger partial charge is 0.270 e. The van der Waals surface area contributed by atoms with E-state index in [2.05, 4.69) is 46.8 Å². The molecule has 7 saturated carbocycles. The van der Waals surface area contributed by atoms with E-state index in [-0.39, 0.29) is 125 Å². The first-order valence-electron chi connectivity index (χ1n) is 37.5. The third kappa shape index (κ3) is 16.0. The summed E-state index contributed by atoms with van der Waals surface area (Å²) in [7, 11) is 3.99. The van der Waals surface area contributed by atoms with Crippen molar-refractivity contribution in [2.45, 2.75) is 186 Å². The van der Waals surface area contributed by atoms with Crippen molar-refractivity contribution in [1.82, 2.24) is 60.4 Å². The van der Waals surface area contributed by atoms with Gasteiger partial charge < -0.3 is 51.4 Å². The number of rotatable bonds is 33. The first-order valence-corrected chi connectivity index (χ1v) is 37.5. The molecule has 1 unspecified atom stereocenters. The molecule has 9 aliphatic rings. The van der Waals surface area contributed by atoms with Crippen LogP contribution in [0.2, 0.25) is 0 Å². The average molecular weight is 1380 g/mol. The summed E-state index contributed by atoms with van der Waals surface area (Å²) in [6.07, 6.45) is 16.0. The molecule has 7 amide bonds. The number of hydrogen-bond acceptors (Lipinski definition) is 13. The largest absolute Gasteiger partial charge is 0.380 e. The third-order valence-electron chi connectivity index (χ3n) is 24.0. The second-order valence-corrected chi connectivity index (χ2v) is 31.3. The van der Waals surface area contributed by atoms with Gasteiger partial charge in [-0.2, -0.15) is 10.2 Å². The van der Waals surface area contributed by atoms with Gasteiger partial charge in [-0.15, -0.1) is 0 Å². The molecule has 8 atom stereocenters.